The van der Waals surface area contributed by atoms with Crippen molar-refractivity contribution >= 4 is 34.8 Å². The Bertz CT molecular complexity index is 787. The van der Waals surface area contributed by atoms with Crippen LogP contribution in [-0.2, 0) is 9.59 Å². The third-order valence-electron chi connectivity index (χ3n) is 4.67. The number of rotatable bonds is 4. The average Bonchev–Trinajstić information content (AvgIpc) is 2.64. The highest BCUT2D eigenvalue weighted by Gasteiger charge is 2.30. The van der Waals surface area contributed by atoms with Gasteiger partial charge in [-0.3, -0.25) is 9.59 Å². The van der Waals surface area contributed by atoms with Crippen LogP contribution in [0.3, 0.4) is 0 Å². The number of halogens is 2. The summed E-state index contributed by atoms with van der Waals surface area (Å²) in [5, 5.41) is 6.26. The summed E-state index contributed by atoms with van der Waals surface area (Å²) in [6, 6.07) is 12.8. The standard InChI is InChI=1S/C20H20ClFN2O2/c21-15-8-10-17(11-9-15)23-19(25)13-4-6-14(7-5-13)20(26)24-18-3-1-2-16(22)12-18/h1-3,8-14H,4-7H2,(H,23,25)(H,24,26). The molecule has 4 nitrogen and oxygen atoms in total. The predicted molar refractivity (Wildman–Crippen MR) is 101 cm³/mol. The molecule has 0 aromatic heterocycles. The number of carbonyl (C=O) groups excluding carboxylic acids is 2. The third-order valence-corrected chi connectivity index (χ3v) is 4.92. The van der Waals surface area contributed by atoms with E-state index in [4.69, 9.17) is 11.6 Å². The monoisotopic (exact) mass is 374 g/mol. The summed E-state index contributed by atoms with van der Waals surface area (Å²) in [6.45, 7) is 0. The second-order valence-electron chi connectivity index (χ2n) is 6.54. The van der Waals surface area contributed by atoms with Gasteiger partial charge in [-0.1, -0.05) is 17.7 Å². The minimum Gasteiger partial charge on any atom is -0.326 e. The molecule has 0 aliphatic heterocycles. The van der Waals surface area contributed by atoms with E-state index < -0.39 is 0 Å². The van der Waals surface area contributed by atoms with E-state index in [9.17, 15) is 14.0 Å². The fourth-order valence-corrected chi connectivity index (χ4v) is 3.33. The molecule has 0 atom stereocenters. The number of amides is 2. The van der Waals surface area contributed by atoms with Crippen LogP contribution in [-0.4, -0.2) is 11.8 Å². The first-order valence-corrected chi connectivity index (χ1v) is 9.02. The van der Waals surface area contributed by atoms with E-state index in [-0.39, 0.29) is 29.5 Å². The highest BCUT2D eigenvalue weighted by atomic mass is 35.5. The quantitative estimate of drug-likeness (QED) is 0.802. The Hall–Kier alpha value is -2.40. The van der Waals surface area contributed by atoms with Crippen LogP contribution in [0.2, 0.25) is 5.02 Å². The van der Waals surface area contributed by atoms with Gasteiger partial charge in [0.1, 0.15) is 5.82 Å². The molecule has 2 N–H and O–H groups in total. The van der Waals surface area contributed by atoms with Crippen molar-refractivity contribution in [3.63, 3.8) is 0 Å². The lowest BCUT2D eigenvalue weighted by molar-refractivity contribution is -0.125. The Morgan fingerprint density at radius 3 is 1.92 bits per heavy atom. The van der Waals surface area contributed by atoms with E-state index in [0.29, 0.717) is 42.1 Å². The van der Waals surface area contributed by atoms with Crippen LogP contribution in [0.15, 0.2) is 48.5 Å². The zero-order valence-electron chi connectivity index (χ0n) is 14.2. The summed E-state index contributed by atoms with van der Waals surface area (Å²) in [7, 11) is 0. The molecule has 3 rings (SSSR count). The largest absolute Gasteiger partial charge is 0.326 e. The molecule has 1 aliphatic carbocycles. The SMILES string of the molecule is O=C(Nc1ccc(Cl)cc1)C1CCC(C(=O)Nc2cccc(F)c2)CC1. The number of hydrogen-bond donors (Lipinski definition) is 2. The first-order chi connectivity index (χ1) is 12.5. The van der Waals surface area contributed by atoms with Gasteiger partial charge < -0.3 is 10.6 Å². The zero-order chi connectivity index (χ0) is 18.5. The van der Waals surface area contributed by atoms with Gasteiger partial charge >= 0.3 is 0 Å². The van der Waals surface area contributed by atoms with Gasteiger partial charge in [0.25, 0.3) is 0 Å². The molecule has 136 valence electrons. The molecule has 0 bridgehead atoms. The van der Waals surface area contributed by atoms with Crippen molar-refractivity contribution in [1.82, 2.24) is 0 Å². The Balaban J connectivity index is 1.49. The van der Waals surface area contributed by atoms with E-state index in [1.165, 1.54) is 12.1 Å². The molecule has 2 aromatic rings. The first kappa shape index (κ1) is 18.4. The molecule has 1 aliphatic rings. The average molecular weight is 375 g/mol. The van der Waals surface area contributed by atoms with Crippen LogP contribution in [0.1, 0.15) is 25.7 Å². The normalized spacial score (nSPS) is 19.6. The molecule has 0 saturated heterocycles. The van der Waals surface area contributed by atoms with Crippen LogP contribution in [0.25, 0.3) is 0 Å². The van der Waals surface area contributed by atoms with Crippen molar-refractivity contribution in [1.29, 1.82) is 0 Å². The molecule has 26 heavy (non-hydrogen) atoms. The van der Waals surface area contributed by atoms with Crippen molar-refractivity contribution in [3.05, 3.63) is 59.4 Å². The molecular weight excluding hydrogens is 355 g/mol. The maximum atomic E-state index is 13.2. The molecule has 0 unspecified atom stereocenters. The van der Waals surface area contributed by atoms with Gasteiger partial charge in [-0.15, -0.1) is 0 Å². The predicted octanol–water partition coefficient (Wildman–Crippen LogP) is 4.86. The van der Waals surface area contributed by atoms with Crippen molar-refractivity contribution in [2.45, 2.75) is 25.7 Å². The maximum Gasteiger partial charge on any atom is 0.227 e. The smallest absolute Gasteiger partial charge is 0.227 e. The van der Waals surface area contributed by atoms with E-state index in [0.717, 1.165) is 0 Å². The molecule has 0 radical (unpaired) electrons. The lowest BCUT2D eigenvalue weighted by Crippen LogP contribution is -2.32. The van der Waals surface area contributed by atoms with Crippen LogP contribution >= 0.6 is 11.6 Å². The van der Waals surface area contributed by atoms with Gasteiger partial charge in [0.05, 0.1) is 0 Å². The second kappa shape index (κ2) is 8.32. The van der Waals surface area contributed by atoms with Crippen LogP contribution in [0.5, 0.6) is 0 Å². The molecule has 0 heterocycles. The number of anilines is 2. The lowest BCUT2D eigenvalue weighted by Gasteiger charge is -2.27. The molecule has 0 spiro atoms. The molecule has 1 fully saturated rings. The first-order valence-electron chi connectivity index (χ1n) is 8.64. The molecule has 1 saturated carbocycles. The van der Waals surface area contributed by atoms with Crippen molar-refractivity contribution in [2.75, 3.05) is 10.6 Å². The Labute approximate surface area is 156 Å². The summed E-state index contributed by atoms with van der Waals surface area (Å²) in [4.78, 5) is 24.7. The Kier molecular flexibility index (Phi) is 5.89. The summed E-state index contributed by atoms with van der Waals surface area (Å²) in [5.74, 6) is -0.796. The van der Waals surface area contributed by atoms with Crippen molar-refractivity contribution in [3.8, 4) is 0 Å². The summed E-state index contributed by atoms with van der Waals surface area (Å²) < 4.78 is 13.2. The number of carbonyl (C=O) groups is 2. The second-order valence-corrected chi connectivity index (χ2v) is 6.98. The third kappa shape index (κ3) is 4.82. The van der Waals surface area contributed by atoms with Crippen molar-refractivity contribution in [2.24, 2.45) is 11.8 Å². The topological polar surface area (TPSA) is 58.2 Å². The Morgan fingerprint density at radius 2 is 1.38 bits per heavy atom. The maximum absolute atomic E-state index is 13.2. The molecular formula is C20H20ClFN2O2. The summed E-state index contributed by atoms with van der Waals surface area (Å²) >= 11 is 5.84. The van der Waals surface area contributed by atoms with Gasteiger partial charge in [-0.05, 0) is 68.1 Å². The number of nitrogens with one attached hydrogen (secondary N) is 2. The summed E-state index contributed by atoms with van der Waals surface area (Å²) in [5.41, 5.74) is 1.17. The van der Waals surface area contributed by atoms with E-state index >= 15 is 0 Å². The highest BCUT2D eigenvalue weighted by molar-refractivity contribution is 6.30. The fraction of sp³-hybridized carbons (Fsp3) is 0.300. The fourth-order valence-electron chi connectivity index (χ4n) is 3.21. The molecule has 2 amide bonds. The van der Waals surface area contributed by atoms with E-state index in [1.807, 2.05) is 0 Å². The van der Waals surface area contributed by atoms with Gasteiger partial charge in [0.15, 0.2) is 0 Å². The van der Waals surface area contributed by atoms with Crippen LogP contribution in [0.4, 0.5) is 15.8 Å². The number of hydrogen-bond acceptors (Lipinski definition) is 2. The van der Waals surface area contributed by atoms with E-state index in [2.05, 4.69) is 10.6 Å². The van der Waals surface area contributed by atoms with Gasteiger partial charge in [0.2, 0.25) is 11.8 Å². The van der Waals surface area contributed by atoms with Gasteiger partial charge in [0, 0.05) is 28.2 Å². The number of benzene rings is 2. The minimum absolute atomic E-state index is 0.0312. The highest BCUT2D eigenvalue weighted by Crippen LogP contribution is 2.30. The molecule has 2 aromatic carbocycles. The lowest BCUT2D eigenvalue weighted by atomic mass is 9.81. The Morgan fingerprint density at radius 1 is 0.846 bits per heavy atom. The van der Waals surface area contributed by atoms with Crippen LogP contribution < -0.4 is 10.6 Å². The van der Waals surface area contributed by atoms with Crippen molar-refractivity contribution < 1.29 is 14.0 Å². The van der Waals surface area contributed by atoms with Gasteiger partial charge in [-0.25, -0.2) is 4.39 Å². The van der Waals surface area contributed by atoms with Gasteiger partial charge in [-0.2, -0.15) is 0 Å². The minimum atomic E-state index is -0.384. The molecule has 6 heteroatoms. The zero-order valence-corrected chi connectivity index (χ0v) is 14.9. The van der Waals surface area contributed by atoms with Crippen LogP contribution in [0, 0.1) is 17.7 Å². The summed E-state index contributed by atoms with van der Waals surface area (Å²) in [6.07, 6.45) is 2.58. The van der Waals surface area contributed by atoms with E-state index in [1.54, 1.807) is 36.4 Å².